The predicted molar refractivity (Wildman–Crippen MR) is 121 cm³/mol. The summed E-state index contributed by atoms with van der Waals surface area (Å²) in [7, 11) is 0. The van der Waals surface area contributed by atoms with Crippen molar-refractivity contribution in [2.45, 2.75) is 38.4 Å². The molecule has 2 heterocycles. The van der Waals surface area contributed by atoms with Crippen LogP contribution in [0, 0.1) is 0 Å². The number of rotatable bonds is 8. The molecule has 1 amide bonds. The van der Waals surface area contributed by atoms with Crippen LogP contribution in [0.3, 0.4) is 0 Å². The zero-order valence-corrected chi connectivity index (χ0v) is 18.6. The molecule has 0 saturated heterocycles. The molecule has 1 N–H and O–H groups in total. The number of hydrogen-bond donors (Lipinski definition) is 1. The van der Waals surface area contributed by atoms with Crippen molar-refractivity contribution >= 4 is 50.9 Å². The Kier molecular flexibility index (Phi) is 7.28. The largest absolute Gasteiger partial charge is 0.462 e. The van der Waals surface area contributed by atoms with E-state index in [0.29, 0.717) is 26.6 Å². The lowest BCUT2D eigenvalue weighted by atomic mass is 10.2. The lowest BCUT2D eigenvalue weighted by Gasteiger charge is -2.17. The van der Waals surface area contributed by atoms with E-state index in [2.05, 4.69) is 10.3 Å². The minimum Gasteiger partial charge on any atom is -0.462 e. The van der Waals surface area contributed by atoms with Crippen LogP contribution in [0.25, 0.3) is 10.2 Å². The number of carbonyl (C=O) groups is 2. The monoisotopic (exact) mass is 445 g/mol. The van der Waals surface area contributed by atoms with Crippen molar-refractivity contribution in [1.29, 1.82) is 0 Å². The Labute approximate surface area is 182 Å². The highest BCUT2D eigenvalue weighted by Crippen LogP contribution is 2.25. The van der Waals surface area contributed by atoms with E-state index in [9.17, 15) is 14.4 Å². The highest BCUT2D eigenvalue weighted by Gasteiger charge is 2.18. The van der Waals surface area contributed by atoms with Crippen molar-refractivity contribution in [2.75, 3.05) is 17.7 Å². The van der Waals surface area contributed by atoms with Crippen LogP contribution in [0.4, 0.5) is 5.69 Å². The van der Waals surface area contributed by atoms with Crippen molar-refractivity contribution in [3.05, 3.63) is 51.6 Å². The number of esters is 1. The molecule has 7 nitrogen and oxygen atoms in total. The lowest BCUT2D eigenvalue weighted by Crippen LogP contribution is -2.26. The zero-order chi connectivity index (χ0) is 21.7. The first-order valence-corrected chi connectivity index (χ1v) is 11.5. The molecule has 0 aliphatic carbocycles. The molecule has 3 rings (SSSR count). The van der Waals surface area contributed by atoms with Gasteiger partial charge in [0.25, 0.3) is 5.56 Å². The zero-order valence-electron chi connectivity index (χ0n) is 17.0. The molecule has 158 valence electrons. The number of nitrogens with one attached hydrogen (secondary N) is 1. The van der Waals surface area contributed by atoms with Crippen LogP contribution in [0.5, 0.6) is 0 Å². The summed E-state index contributed by atoms with van der Waals surface area (Å²) in [6, 6.07) is 8.47. The molecule has 1 atom stereocenters. The molecule has 0 unspecified atom stereocenters. The van der Waals surface area contributed by atoms with Crippen molar-refractivity contribution in [2.24, 2.45) is 0 Å². The summed E-state index contributed by atoms with van der Waals surface area (Å²) in [6.07, 6.45) is 0.769. The molecule has 1 aromatic carbocycles. The molecule has 0 aliphatic rings. The second-order valence-electron chi connectivity index (χ2n) is 6.56. The highest BCUT2D eigenvalue weighted by molar-refractivity contribution is 7.99. The summed E-state index contributed by atoms with van der Waals surface area (Å²) in [5.74, 6) is -0.737. The van der Waals surface area contributed by atoms with Gasteiger partial charge < -0.3 is 10.1 Å². The van der Waals surface area contributed by atoms with E-state index in [0.717, 1.165) is 6.42 Å². The second kappa shape index (κ2) is 9.90. The fraction of sp³-hybridized carbons (Fsp3) is 0.333. The summed E-state index contributed by atoms with van der Waals surface area (Å²) in [4.78, 5) is 42.2. The standard InChI is InChI=1S/C21H23N3O4S2/c1-4-13(3)24-19(26)18-16(10-11-29-18)23-21(24)30-12-17(25)22-15-9-7-6-8-14(15)20(27)28-5-2/h6-11,13H,4-5,12H2,1-3H3,(H,22,25)/t13-/m1/s1. The van der Waals surface area contributed by atoms with Gasteiger partial charge in [-0.2, -0.15) is 0 Å². The van der Waals surface area contributed by atoms with Crippen LogP contribution >= 0.6 is 23.1 Å². The molecule has 30 heavy (non-hydrogen) atoms. The van der Waals surface area contributed by atoms with Crippen LogP contribution < -0.4 is 10.9 Å². The maximum atomic E-state index is 12.9. The number of nitrogens with zero attached hydrogens (tertiary/aromatic N) is 2. The van der Waals surface area contributed by atoms with Crippen LogP contribution in [-0.2, 0) is 9.53 Å². The molecular formula is C21H23N3O4S2. The molecule has 9 heteroatoms. The Morgan fingerprint density at radius 1 is 1.27 bits per heavy atom. The molecule has 2 aromatic heterocycles. The number of anilines is 1. The Balaban J connectivity index is 1.80. The number of para-hydroxylation sites is 1. The summed E-state index contributed by atoms with van der Waals surface area (Å²) >= 11 is 2.57. The third kappa shape index (κ3) is 4.73. The van der Waals surface area contributed by atoms with Gasteiger partial charge in [0.15, 0.2) is 5.16 Å². The van der Waals surface area contributed by atoms with E-state index in [1.807, 2.05) is 25.3 Å². The maximum Gasteiger partial charge on any atom is 0.340 e. The Bertz CT molecular complexity index is 1120. The minimum atomic E-state index is -0.490. The molecule has 0 spiro atoms. The van der Waals surface area contributed by atoms with Gasteiger partial charge >= 0.3 is 5.97 Å². The van der Waals surface area contributed by atoms with Crippen molar-refractivity contribution in [3.63, 3.8) is 0 Å². The molecule has 0 saturated carbocycles. The normalized spacial score (nSPS) is 12.0. The number of hydrogen-bond acceptors (Lipinski definition) is 7. The van der Waals surface area contributed by atoms with E-state index in [-0.39, 0.29) is 29.9 Å². The van der Waals surface area contributed by atoms with Crippen molar-refractivity contribution in [3.8, 4) is 0 Å². The molecule has 0 bridgehead atoms. The Morgan fingerprint density at radius 2 is 2.03 bits per heavy atom. The number of aromatic nitrogens is 2. The summed E-state index contributed by atoms with van der Waals surface area (Å²) in [5, 5.41) is 5.11. The third-order valence-corrected chi connectivity index (χ3v) is 6.38. The van der Waals surface area contributed by atoms with Crippen molar-refractivity contribution in [1.82, 2.24) is 9.55 Å². The van der Waals surface area contributed by atoms with Crippen LogP contribution in [0.2, 0.25) is 0 Å². The SMILES string of the molecule is CCOC(=O)c1ccccc1NC(=O)CSc1nc2ccsc2c(=O)n1[C@H](C)CC. The van der Waals surface area contributed by atoms with E-state index in [1.165, 1.54) is 23.1 Å². The van der Waals surface area contributed by atoms with Crippen molar-refractivity contribution < 1.29 is 14.3 Å². The lowest BCUT2D eigenvalue weighted by molar-refractivity contribution is -0.113. The Hall–Kier alpha value is -2.65. The molecule has 3 aromatic rings. The number of thiophene rings is 1. The molecular weight excluding hydrogens is 422 g/mol. The van der Waals surface area contributed by atoms with Gasteiger partial charge in [0.2, 0.25) is 5.91 Å². The smallest absolute Gasteiger partial charge is 0.340 e. The van der Waals surface area contributed by atoms with Gasteiger partial charge in [-0.05, 0) is 43.8 Å². The van der Waals surface area contributed by atoms with E-state index in [4.69, 9.17) is 4.74 Å². The summed E-state index contributed by atoms with van der Waals surface area (Å²) < 4.78 is 7.31. The average Bonchev–Trinajstić information content (AvgIpc) is 3.21. The number of benzene rings is 1. The Morgan fingerprint density at radius 3 is 2.77 bits per heavy atom. The molecule has 0 aliphatic heterocycles. The fourth-order valence-corrected chi connectivity index (χ4v) is 4.54. The first-order valence-electron chi connectivity index (χ1n) is 9.64. The average molecular weight is 446 g/mol. The van der Waals surface area contributed by atoms with Crippen LogP contribution in [0.1, 0.15) is 43.6 Å². The summed E-state index contributed by atoms with van der Waals surface area (Å²) in [5.41, 5.74) is 1.24. The topological polar surface area (TPSA) is 90.3 Å². The van der Waals surface area contributed by atoms with Gasteiger partial charge in [-0.25, -0.2) is 9.78 Å². The van der Waals surface area contributed by atoms with Gasteiger partial charge in [0.1, 0.15) is 4.70 Å². The van der Waals surface area contributed by atoms with Gasteiger partial charge in [0, 0.05) is 6.04 Å². The second-order valence-corrected chi connectivity index (χ2v) is 8.42. The van der Waals surface area contributed by atoms with E-state index in [1.54, 1.807) is 35.8 Å². The number of ether oxygens (including phenoxy) is 1. The summed E-state index contributed by atoms with van der Waals surface area (Å²) in [6.45, 7) is 5.94. The number of amides is 1. The highest BCUT2D eigenvalue weighted by atomic mass is 32.2. The number of carbonyl (C=O) groups excluding carboxylic acids is 2. The first-order chi connectivity index (χ1) is 14.5. The van der Waals surface area contributed by atoms with Gasteiger partial charge in [-0.15, -0.1) is 11.3 Å². The predicted octanol–water partition coefficient (Wildman–Crippen LogP) is 4.34. The quantitative estimate of drug-likeness (QED) is 0.315. The third-order valence-electron chi connectivity index (χ3n) is 4.54. The van der Waals surface area contributed by atoms with Crippen LogP contribution in [-0.4, -0.2) is 33.8 Å². The van der Waals surface area contributed by atoms with Gasteiger partial charge in [-0.1, -0.05) is 30.8 Å². The van der Waals surface area contributed by atoms with Gasteiger partial charge in [0.05, 0.1) is 29.1 Å². The van der Waals surface area contributed by atoms with Gasteiger partial charge in [-0.3, -0.25) is 14.2 Å². The minimum absolute atomic E-state index is 0.0356. The molecule has 0 radical (unpaired) electrons. The van der Waals surface area contributed by atoms with Crippen LogP contribution in [0.15, 0.2) is 45.7 Å². The molecule has 0 fully saturated rings. The maximum absolute atomic E-state index is 12.9. The van der Waals surface area contributed by atoms with E-state index < -0.39 is 5.97 Å². The van der Waals surface area contributed by atoms with E-state index >= 15 is 0 Å². The number of thioether (sulfide) groups is 1. The first kappa shape index (κ1) is 22.0. The fourth-order valence-electron chi connectivity index (χ4n) is 2.87. The number of fused-ring (bicyclic) bond motifs is 1.